The molecule has 22 heavy (non-hydrogen) atoms. The topological polar surface area (TPSA) is 20.3 Å². The number of rotatable bonds is 4. The molecule has 0 radical (unpaired) electrons. The standard InChI is InChI=1S/C19H21NOS/c1-20(13-14-6-10-18(22-2)11-7-14)19(21)17-9-8-15-4-3-5-16(15)12-17/h6-12H,3-5,13H2,1-2H3. The van der Waals surface area contributed by atoms with E-state index in [9.17, 15) is 4.79 Å². The highest BCUT2D eigenvalue weighted by atomic mass is 32.2. The first-order valence-corrected chi connectivity index (χ1v) is 8.90. The van der Waals surface area contributed by atoms with Crippen LogP contribution in [0.2, 0.25) is 0 Å². The number of hydrogen-bond donors (Lipinski definition) is 0. The third-order valence-corrected chi connectivity index (χ3v) is 5.01. The summed E-state index contributed by atoms with van der Waals surface area (Å²) in [7, 11) is 1.87. The van der Waals surface area contributed by atoms with Gasteiger partial charge in [-0.1, -0.05) is 18.2 Å². The van der Waals surface area contributed by atoms with Crippen molar-refractivity contribution < 1.29 is 4.79 Å². The van der Waals surface area contributed by atoms with Crippen molar-refractivity contribution in [3.63, 3.8) is 0 Å². The molecule has 2 aromatic rings. The molecule has 0 heterocycles. The van der Waals surface area contributed by atoms with Crippen molar-refractivity contribution in [2.45, 2.75) is 30.7 Å². The third kappa shape index (κ3) is 3.20. The minimum atomic E-state index is 0.101. The third-order valence-electron chi connectivity index (χ3n) is 4.27. The number of fused-ring (bicyclic) bond motifs is 1. The second-order valence-electron chi connectivity index (χ2n) is 5.85. The van der Waals surface area contributed by atoms with Crippen LogP contribution in [0, 0.1) is 0 Å². The molecule has 0 fully saturated rings. The molecule has 0 saturated heterocycles. The zero-order valence-corrected chi connectivity index (χ0v) is 14.0. The Labute approximate surface area is 136 Å². The van der Waals surface area contributed by atoms with Crippen molar-refractivity contribution in [3.05, 3.63) is 64.7 Å². The lowest BCUT2D eigenvalue weighted by molar-refractivity contribution is 0.0785. The number of hydrogen-bond acceptors (Lipinski definition) is 2. The maximum absolute atomic E-state index is 12.6. The molecule has 0 N–H and O–H groups in total. The van der Waals surface area contributed by atoms with E-state index in [4.69, 9.17) is 0 Å². The molecular weight excluding hydrogens is 290 g/mol. The van der Waals surface area contributed by atoms with E-state index < -0.39 is 0 Å². The van der Waals surface area contributed by atoms with Crippen LogP contribution in [-0.4, -0.2) is 24.1 Å². The van der Waals surface area contributed by atoms with E-state index in [1.165, 1.54) is 22.4 Å². The van der Waals surface area contributed by atoms with Gasteiger partial charge in [0, 0.05) is 24.1 Å². The molecule has 3 rings (SSSR count). The Balaban J connectivity index is 1.71. The Morgan fingerprint density at radius 3 is 2.55 bits per heavy atom. The highest BCUT2D eigenvalue weighted by molar-refractivity contribution is 7.98. The zero-order valence-electron chi connectivity index (χ0n) is 13.1. The van der Waals surface area contributed by atoms with Gasteiger partial charge in [-0.3, -0.25) is 4.79 Å². The van der Waals surface area contributed by atoms with Gasteiger partial charge in [0.1, 0.15) is 0 Å². The molecule has 0 spiro atoms. The molecule has 0 atom stereocenters. The summed E-state index contributed by atoms with van der Waals surface area (Å²) in [6.45, 7) is 0.643. The van der Waals surface area contributed by atoms with E-state index in [0.29, 0.717) is 6.54 Å². The summed E-state index contributed by atoms with van der Waals surface area (Å²) < 4.78 is 0. The Hall–Kier alpha value is -1.74. The summed E-state index contributed by atoms with van der Waals surface area (Å²) in [5.74, 6) is 0.101. The quantitative estimate of drug-likeness (QED) is 0.790. The fourth-order valence-electron chi connectivity index (χ4n) is 3.00. The first-order valence-electron chi connectivity index (χ1n) is 7.67. The number of thioether (sulfide) groups is 1. The van der Waals surface area contributed by atoms with Gasteiger partial charge in [-0.05, 0) is 66.5 Å². The second kappa shape index (κ2) is 6.57. The molecule has 0 aromatic heterocycles. The minimum Gasteiger partial charge on any atom is -0.337 e. The van der Waals surface area contributed by atoms with E-state index in [-0.39, 0.29) is 5.91 Å². The van der Waals surface area contributed by atoms with Crippen LogP contribution in [0.25, 0.3) is 0 Å². The van der Waals surface area contributed by atoms with Gasteiger partial charge < -0.3 is 4.90 Å². The maximum atomic E-state index is 12.6. The Morgan fingerprint density at radius 1 is 1.09 bits per heavy atom. The van der Waals surface area contributed by atoms with E-state index in [1.54, 1.807) is 16.7 Å². The normalized spacial score (nSPS) is 13.0. The highest BCUT2D eigenvalue weighted by Crippen LogP contribution is 2.23. The van der Waals surface area contributed by atoms with Crippen LogP contribution < -0.4 is 0 Å². The van der Waals surface area contributed by atoms with Gasteiger partial charge >= 0.3 is 0 Å². The van der Waals surface area contributed by atoms with Gasteiger partial charge in [0.15, 0.2) is 0 Å². The minimum absolute atomic E-state index is 0.101. The average Bonchev–Trinajstić information content (AvgIpc) is 3.02. The molecule has 114 valence electrons. The molecule has 0 saturated carbocycles. The number of carbonyl (C=O) groups is 1. The van der Waals surface area contributed by atoms with Crippen LogP contribution in [0.3, 0.4) is 0 Å². The van der Waals surface area contributed by atoms with Crippen LogP contribution in [0.4, 0.5) is 0 Å². The fourth-order valence-corrected chi connectivity index (χ4v) is 3.41. The molecule has 1 amide bonds. The van der Waals surface area contributed by atoms with E-state index in [1.807, 2.05) is 13.1 Å². The van der Waals surface area contributed by atoms with Gasteiger partial charge in [0.25, 0.3) is 5.91 Å². The SMILES string of the molecule is CSc1ccc(CN(C)C(=O)c2ccc3c(c2)CCC3)cc1. The van der Waals surface area contributed by atoms with Crippen LogP contribution in [-0.2, 0) is 19.4 Å². The molecule has 1 aliphatic rings. The Kier molecular flexibility index (Phi) is 4.53. The van der Waals surface area contributed by atoms with Crippen molar-refractivity contribution in [2.24, 2.45) is 0 Å². The summed E-state index contributed by atoms with van der Waals surface area (Å²) in [4.78, 5) is 15.6. The number of benzene rings is 2. The number of aryl methyl sites for hydroxylation is 2. The van der Waals surface area contributed by atoms with Crippen LogP contribution in [0.1, 0.15) is 33.5 Å². The van der Waals surface area contributed by atoms with Crippen molar-refractivity contribution in [1.29, 1.82) is 0 Å². The predicted octanol–water partition coefficient (Wildman–Crippen LogP) is 4.17. The van der Waals surface area contributed by atoms with Gasteiger partial charge in [0.05, 0.1) is 0 Å². The lowest BCUT2D eigenvalue weighted by Gasteiger charge is -2.18. The Bertz CT molecular complexity index is 678. The molecule has 2 nitrogen and oxygen atoms in total. The van der Waals surface area contributed by atoms with Crippen molar-refractivity contribution >= 4 is 17.7 Å². The molecule has 1 aliphatic carbocycles. The number of amides is 1. The lowest BCUT2D eigenvalue weighted by atomic mass is 10.1. The monoisotopic (exact) mass is 311 g/mol. The summed E-state index contributed by atoms with van der Waals surface area (Å²) in [5, 5.41) is 0. The smallest absolute Gasteiger partial charge is 0.253 e. The van der Waals surface area contributed by atoms with Gasteiger partial charge in [-0.25, -0.2) is 0 Å². The first kappa shape index (κ1) is 15.2. The van der Waals surface area contributed by atoms with E-state index in [2.05, 4.69) is 42.7 Å². The molecule has 3 heteroatoms. The maximum Gasteiger partial charge on any atom is 0.253 e. The molecule has 0 unspecified atom stereocenters. The van der Waals surface area contributed by atoms with Crippen molar-refractivity contribution in [3.8, 4) is 0 Å². The highest BCUT2D eigenvalue weighted by Gasteiger charge is 2.16. The second-order valence-corrected chi connectivity index (χ2v) is 6.73. The fraction of sp³-hybridized carbons (Fsp3) is 0.316. The average molecular weight is 311 g/mol. The van der Waals surface area contributed by atoms with E-state index >= 15 is 0 Å². The zero-order chi connectivity index (χ0) is 15.5. The van der Waals surface area contributed by atoms with Crippen LogP contribution >= 0.6 is 11.8 Å². The molecule has 0 bridgehead atoms. The molecular formula is C19H21NOS. The Morgan fingerprint density at radius 2 is 1.82 bits per heavy atom. The largest absolute Gasteiger partial charge is 0.337 e. The first-order chi connectivity index (χ1) is 10.7. The molecule has 0 aliphatic heterocycles. The van der Waals surface area contributed by atoms with Crippen LogP contribution in [0.15, 0.2) is 47.4 Å². The van der Waals surface area contributed by atoms with Crippen molar-refractivity contribution in [1.82, 2.24) is 4.90 Å². The number of nitrogens with zero attached hydrogens (tertiary/aromatic N) is 1. The van der Waals surface area contributed by atoms with Crippen LogP contribution in [0.5, 0.6) is 0 Å². The van der Waals surface area contributed by atoms with Crippen molar-refractivity contribution in [2.75, 3.05) is 13.3 Å². The predicted molar refractivity (Wildman–Crippen MR) is 92.5 cm³/mol. The summed E-state index contributed by atoms with van der Waals surface area (Å²) >= 11 is 1.73. The lowest BCUT2D eigenvalue weighted by Crippen LogP contribution is -2.26. The summed E-state index contributed by atoms with van der Waals surface area (Å²) in [5.41, 5.74) is 4.73. The van der Waals surface area contributed by atoms with Gasteiger partial charge in [-0.15, -0.1) is 11.8 Å². The van der Waals surface area contributed by atoms with Gasteiger partial charge in [0.2, 0.25) is 0 Å². The van der Waals surface area contributed by atoms with Gasteiger partial charge in [-0.2, -0.15) is 0 Å². The summed E-state index contributed by atoms with van der Waals surface area (Å²) in [6.07, 6.45) is 5.54. The molecule has 2 aromatic carbocycles. The van der Waals surface area contributed by atoms with E-state index in [0.717, 1.165) is 24.0 Å². The summed E-state index contributed by atoms with van der Waals surface area (Å²) in [6, 6.07) is 14.6. The number of carbonyl (C=O) groups excluding carboxylic acids is 1.